The summed E-state index contributed by atoms with van der Waals surface area (Å²) in [5.74, 6) is 0.611. The fourth-order valence-corrected chi connectivity index (χ4v) is 8.46. The number of rotatable bonds is 15. The molecule has 0 saturated carbocycles. The summed E-state index contributed by atoms with van der Waals surface area (Å²) in [4.78, 5) is 12.7. The highest BCUT2D eigenvalue weighted by molar-refractivity contribution is 7.76. The lowest BCUT2D eigenvalue weighted by molar-refractivity contribution is -0.141. The zero-order valence-corrected chi connectivity index (χ0v) is 21.2. The zero-order chi connectivity index (χ0) is 20.8. The SMILES string of the molecule is CCCC[P+](CCCC)(CCCC)CC(=O)OCc1ccc(C(C)CC)cc1.[Cl-]. The first-order valence-electron chi connectivity index (χ1n) is 11.6. The molecule has 0 radical (unpaired) electrons. The molecule has 0 aromatic heterocycles. The van der Waals surface area contributed by atoms with E-state index in [9.17, 15) is 4.79 Å². The first-order chi connectivity index (χ1) is 13.5. The highest BCUT2D eigenvalue weighted by atomic mass is 35.5. The lowest BCUT2D eigenvalue weighted by Gasteiger charge is -2.27. The summed E-state index contributed by atoms with van der Waals surface area (Å²) in [6, 6.07) is 8.58. The summed E-state index contributed by atoms with van der Waals surface area (Å²) in [6.07, 6.45) is 13.1. The molecule has 1 aromatic rings. The number of halogens is 1. The monoisotopic (exact) mass is 442 g/mol. The molecule has 0 N–H and O–H groups in total. The maximum Gasteiger partial charge on any atom is 0.344 e. The van der Waals surface area contributed by atoms with E-state index in [1.807, 2.05) is 0 Å². The fourth-order valence-electron chi connectivity index (χ4n) is 3.71. The quantitative estimate of drug-likeness (QED) is 0.291. The molecule has 0 saturated heterocycles. The summed E-state index contributed by atoms with van der Waals surface area (Å²) >= 11 is 0. The van der Waals surface area contributed by atoms with Gasteiger partial charge in [-0.2, -0.15) is 0 Å². The van der Waals surface area contributed by atoms with Gasteiger partial charge in [0.25, 0.3) is 0 Å². The maximum absolute atomic E-state index is 12.7. The van der Waals surface area contributed by atoms with Crippen LogP contribution in [-0.2, 0) is 16.1 Å². The van der Waals surface area contributed by atoms with Gasteiger partial charge in [-0.25, -0.2) is 4.79 Å². The van der Waals surface area contributed by atoms with Crippen LogP contribution in [0.4, 0.5) is 0 Å². The Morgan fingerprint density at radius 1 is 0.897 bits per heavy atom. The maximum atomic E-state index is 12.7. The molecular weight excluding hydrogens is 399 g/mol. The highest BCUT2D eigenvalue weighted by Gasteiger charge is 2.38. The van der Waals surface area contributed by atoms with Gasteiger partial charge in [0.2, 0.25) is 0 Å². The number of unbranched alkanes of at least 4 members (excludes halogenated alkanes) is 3. The van der Waals surface area contributed by atoms with Gasteiger partial charge in [0.1, 0.15) is 6.61 Å². The van der Waals surface area contributed by atoms with Gasteiger partial charge in [-0.1, -0.05) is 78.1 Å². The molecule has 1 atom stereocenters. The Balaban J connectivity index is 0.00000784. The molecule has 0 heterocycles. The van der Waals surface area contributed by atoms with Gasteiger partial charge in [-0.05, 0) is 42.7 Å². The molecule has 0 fully saturated rings. The van der Waals surface area contributed by atoms with Gasteiger partial charge in [0.15, 0.2) is 6.16 Å². The Morgan fingerprint density at radius 2 is 1.38 bits per heavy atom. The predicted molar refractivity (Wildman–Crippen MR) is 126 cm³/mol. The van der Waals surface area contributed by atoms with Crippen molar-refractivity contribution in [1.82, 2.24) is 0 Å². The number of esters is 1. The lowest BCUT2D eigenvalue weighted by Crippen LogP contribution is -3.00. The van der Waals surface area contributed by atoms with E-state index in [0.29, 0.717) is 18.7 Å². The zero-order valence-electron chi connectivity index (χ0n) is 19.5. The summed E-state index contributed by atoms with van der Waals surface area (Å²) in [6.45, 7) is 11.7. The van der Waals surface area contributed by atoms with E-state index >= 15 is 0 Å². The van der Waals surface area contributed by atoms with E-state index in [-0.39, 0.29) is 18.4 Å². The number of benzene rings is 1. The van der Waals surface area contributed by atoms with E-state index in [4.69, 9.17) is 4.74 Å². The van der Waals surface area contributed by atoms with Crippen molar-refractivity contribution in [3.8, 4) is 0 Å². The molecule has 0 aliphatic rings. The first-order valence-corrected chi connectivity index (χ1v) is 14.1. The van der Waals surface area contributed by atoms with Gasteiger partial charge in [-0.3, -0.25) is 0 Å². The normalized spacial score (nSPS) is 12.3. The van der Waals surface area contributed by atoms with E-state index in [1.165, 1.54) is 62.6 Å². The number of carbonyl (C=O) groups excluding carboxylic acids is 1. The number of hydrogen-bond donors (Lipinski definition) is 0. The van der Waals surface area contributed by atoms with Crippen molar-refractivity contribution < 1.29 is 21.9 Å². The molecule has 1 unspecified atom stereocenters. The summed E-state index contributed by atoms with van der Waals surface area (Å²) in [5, 5.41) is 0. The van der Waals surface area contributed by atoms with Crippen LogP contribution in [-0.4, -0.2) is 30.6 Å². The molecule has 0 aliphatic carbocycles. The van der Waals surface area contributed by atoms with Gasteiger partial charge < -0.3 is 17.1 Å². The number of hydrogen-bond acceptors (Lipinski definition) is 2. The molecule has 0 spiro atoms. The Labute approximate surface area is 187 Å². The Kier molecular flexibility index (Phi) is 15.8. The van der Waals surface area contributed by atoms with E-state index in [1.54, 1.807) is 0 Å². The molecule has 0 amide bonds. The van der Waals surface area contributed by atoms with Crippen molar-refractivity contribution in [2.24, 2.45) is 0 Å². The lowest BCUT2D eigenvalue weighted by atomic mass is 9.98. The largest absolute Gasteiger partial charge is 1.00 e. The van der Waals surface area contributed by atoms with Gasteiger partial charge in [0.05, 0.1) is 18.5 Å². The Morgan fingerprint density at radius 3 is 1.79 bits per heavy atom. The van der Waals surface area contributed by atoms with Crippen LogP contribution in [0.2, 0.25) is 0 Å². The van der Waals surface area contributed by atoms with Gasteiger partial charge in [0, 0.05) is 7.26 Å². The van der Waals surface area contributed by atoms with Crippen molar-refractivity contribution in [3.05, 3.63) is 35.4 Å². The van der Waals surface area contributed by atoms with Crippen LogP contribution in [0.3, 0.4) is 0 Å². The molecule has 1 aromatic carbocycles. The standard InChI is InChI=1S/C25H44O2P.ClH/c1-6-10-17-28(18-11-7-2,19-12-8-3)21-25(26)27-20-23-13-15-24(16-14-23)22(5)9-4;/h13-16,22H,6-12,17-21H2,1-5H3;1H/q+1;/p-1. The molecule has 168 valence electrons. The third-order valence-electron chi connectivity index (χ3n) is 5.98. The van der Waals surface area contributed by atoms with E-state index in [2.05, 4.69) is 58.9 Å². The summed E-state index contributed by atoms with van der Waals surface area (Å²) in [5.41, 5.74) is 2.46. The van der Waals surface area contributed by atoms with Crippen LogP contribution >= 0.6 is 7.26 Å². The Hall–Kier alpha value is -0.590. The predicted octanol–water partition coefficient (Wildman–Crippen LogP) is 4.67. The number of carbonyl (C=O) groups is 1. The van der Waals surface area contributed by atoms with E-state index < -0.39 is 7.26 Å². The molecule has 29 heavy (non-hydrogen) atoms. The first kappa shape index (κ1) is 28.4. The fraction of sp³-hybridized carbons (Fsp3) is 0.720. The smallest absolute Gasteiger partial charge is 0.344 e. The second kappa shape index (κ2) is 16.1. The minimum atomic E-state index is -1.22. The minimum absolute atomic E-state index is 0. The van der Waals surface area contributed by atoms with Crippen LogP contribution in [0.5, 0.6) is 0 Å². The summed E-state index contributed by atoms with van der Waals surface area (Å²) < 4.78 is 5.74. The molecule has 2 nitrogen and oxygen atoms in total. The number of ether oxygens (including phenoxy) is 1. The van der Waals surface area contributed by atoms with Crippen LogP contribution in [0.1, 0.15) is 96.6 Å². The van der Waals surface area contributed by atoms with Crippen LogP contribution < -0.4 is 12.4 Å². The molecule has 0 aliphatic heterocycles. The highest BCUT2D eigenvalue weighted by Crippen LogP contribution is 2.60. The molecule has 4 heteroatoms. The van der Waals surface area contributed by atoms with Crippen molar-refractivity contribution in [1.29, 1.82) is 0 Å². The third-order valence-corrected chi connectivity index (χ3v) is 10.7. The van der Waals surface area contributed by atoms with Crippen LogP contribution in [0, 0.1) is 0 Å². The molecule has 1 rings (SSSR count). The summed E-state index contributed by atoms with van der Waals surface area (Å²) in [7, 11) is -1.22. The van der Waals surface area contributed by atoms with Crippen molar-refractivity contribution >= 4 is 13.2 Å². The molecule has 0 bridgehead atoms. The van der Waals surface area contributed by atoms with Crippen LogP contribution in [0.25, 0.3) is 0 Å². The average molecular weight is 443 g/mol. The van der Waals surface area contributed by atoms with Crippen molar-refractivity contribution in [3.63, 3.8) is 0 Å². The van der Waals surface area contributed by atoms with E-state index in [0.717, 1.165) is 12.0 Å². The topological polar surface area (TPSA) is 26.3 Å². The van der Waals surface area contributed by atoms with Crippen LogP contribution in [0.15, 0.2) is 24.3 Å². The van der Waals surface area contributed by atoms with Crippen molar-refractivity contribution in [2.45, 2.75) is 92.1 Å². The average Bonchev–Trinajstić information content (AvgIpc) is 2.73. The minimum Gasteiger partial charge on any atom is -1.00 e. The van der Waals surface area contributed by atoms with Gasteiger partial charge in [-0.15, -0.1) is 0 Å². The second-order valence-corrected chi connectivity index (χ2v) is 12.8. The second-order valence-electron chi connectivity index (χ2n) is 8.44. The third kappa shape index (κ3) is 10.8. The van der Waals surface area contributed by atoms with Gasteiger partial charge >= 0.3 is 5.97 Å². The van der Waals surface area contributed by atoms with Crippen molar-refractivity contribution in [2.75, 3.05) is 24.6 Å². The Bertz CT molecular complexity index is 522. The molecular formula is C25H44ClO2P.